The van der Waals surface area contributed by atoms with Gasteiger partial charge in [0.05, 0.1) is 11.0 Å². The highest BCUT2D eigenvalue weighted by Gasteiger charge is 2.20. The fourth-order valence-electron chi connectivity index (χ4n) is 3.21. The maximum Gasteiger partial charge on any atom is 0.260 e. The summed E-state index contributed by atoms with van der Waals surface area (Å²) in [6.45, 7) is 0. The third-order valence-electron chi connectivity index (χ3n) is 4.36. The molecule has 0 bridgehead atoms. The summed E-state index contributed by atoms with van der Waals surface area (Å²) < 4.78 is 13.3. The number of nitrogens with zero attached hydrogens (tertiary/aromatic N) is 2. The van der Waals surface area contributed by atoms with E-state index in [1.54, 1.807) is 12.1 Å². The molecule has 0 aliphatic heterocycles. The molecule has 0 saturated heterocycles. The molecule has 3 aromatic rings. The number of hydrogen-bond donors (Lipinski definition) is 1. The number of thiophene rings is 1. The molecule has 0 radical (unpaired) electrons. The van der Waals surface area contributed by atoms with Crippen LogP contribution in [0.5, 0.6) is 0 Å². The van der Waals surface area contributed by atoms with E-state index in [2.05, 4.69) is 16.0 Å². The van der Waals surface area contributed by atoms with Crippen LogP contribution in [0, 0.1) is 17.1 Å². The molecule has 1 aliphatic rings. The maximum absolute atomic E-state index is 13.3. The zero-order chi connectivity index (χ0) is 17.4. The summed E-state index contributed by atoms with van der Waals surface area (Å²) in [6, 6.07) is 7.99. The second kappa shape index (κ2) is 6.26. The molecule has 2 aromatic heterocycles. The number of nitrogens with one attached hydrogen (secondary N) is 1. The zero-order valence-corrected chi connectivity index (χ0v) is 14.1. The minimum absolute atomic E-state index is 0.205. The predicted molar refractivity (Wildman–Crippen MR) is 96.8 cm³/mol. The molecule has 0 atom stereocenters. The van der Waals surface area contributed by atoms with E-state index >= 15 is 0 Å². The van der Waals surface area contributed by atoms with E-state index in [0.717, 1.165) is 31.2 Å². The maximum atomic E-state index is 13.3. The molecular weight excluding hydrogens is 337 g/mol. The largest absolute Gasteiger partial charge is 0.305 e. The second-order valence-electron chi connectivity index (χ2n) is 6.03. The molecule has 4 nitrogen and oxygen atoms in total. The number of hydrogen-bond acceptors (Lipinski definition) is 4. The summed E-state index contributed by atoms with van der Waals surface area (Å²) in [5, 5.41) is 10.1. The smallest absolute Gasteiger partial charge is 0.260 e. The van der Waals surface area contributed by atoms with Crippen molar-refractivity contribution in [2.45, 2.75) is 25.7 Å². The topological polar surface area (TPSA) is 69.5 Å². The first-order valence-electron chi connectivity index (χ1n) is 8.08. The highest BCUT2D eigenvalue weighted by molar-refractivity contribution is 7.18. The lowest BCUT2D eigenvalue weighted by Gasteiger charge is -2.09. The highest BCUT2D eigenvalue weighted by Crippen LogP contribution is 2.33. The normalized spacial score (nSPS) is 14.3. The molecule has 0 unspecified atom stereocenters. The number of fused-ring (bicyclic) bond motifs is 3. The van der Waals surface area contributed by atoms with Crippen LogP contribution in [0.4, 0.5) is 4.39 Å². The average molecular weight is 351 g/mol. The SMILES string of the molecule is N#CC(=Cc1cccc(F)c1)c1nc2sc3c(c2c(=O)[nH]1)CCCC3. The minimum Gasteiger partial charge on any atom is -0.305 e. The summed E-state index contributed by atoms with van der Waals surface area (Å²) >= 11 is 1.54. The fraction of sp³-hybridized carbons (Fsp3) is 0.211. The molecule has 25 heavy (non-hydrogen) atoms. The van der Waals surface area contributed by atoms with Gasteiger partial charge in [-0.1, -0.05) is 12.1 Å². The number of aromatic amines is 1. The van der Waals surface area contributed by atoms with Gasteiger partial charge >= 0.3 is 0 Å². The van der Waals surface area contributed by atoms with Gasteiger partial charge in [-0.15, -0.1) is 11.3 Å². The van der Waals surface area contributed by atoms with Crippen molar-refractivity contribution in [2.75, 3.05) is 0 Å². The summed E-state index contributed by atoms with van der Waals surface area (Å²) in [5.74, 6) is -0.156. The number of aromatic nitrogens is 2. The molecule has 124 valence electrons. The van der Waals surface area contributed by atoms with Crippen molar-refractivity contribution in [3.63, 3.8) is 0 Å². The van der Waals surface area contributed by atoms with Gasteiger partial charge in [0.25, 0.3) is 5.56 Å². The predicted octanol–water partition coefficient (Wildman–Crippen LogP) is 4.07. The summed E-state index contributed by atoms with van der Waals surface area (Å²) in [7, 11) is 0. The van der Waals surface area contributed by atoms with Gasteiger partial charge in [0.1, 0.15) is 16.7 Å². The van der Waals surface area contributed by atoms with Crippen LogP contribution in [-0.2, 0) is 12.8 Å². The molecule has 0 amide bonds. The molecule has 0 spiro atoms. The van der Waals surface area contributed by atoms with Crippen LogP contribution >= 0.6 is 11.3 Å². The van der Waals surface area contributed by atoms with Crippen LogP contribution in [0.15, 0.2) is 29.1 Å². The summed E-state index contributed by atoms with van der Waals surface area (Å²) in [5.41, 5.74) is 1.65. The van der Waals surface area contributed by atoms with Crippen molar-refractivity contribution in [3.05, 3.63) is 62.3 Å². The van der Waals surface area contributed by atoms with Gasteiger partial charge in [-0.05, 0) is 55.0 Å². The van der Waals surface area contributed by atoms with Crippen LogP contribution < -0.4 is 5.56 Å². The lowest BCUT2D eigenvalue weighted by molar-refractivity contribution is 0.627. The van der Waals surface area contributed by atoms with Crippen molar-refractivity contribution in [1.29, 1.82) is 5.26 Å². The van der Waals surface area contributed by atoms with E-state index in [-0.39, 0.29) is 22.8 Å². The van der Waals surface area contributed by atoms with Crippen LogP contribution in [0.2, 0.25) is 0 Å². The van der Waals surface area contributed by atoms with Gasteiger partial charge in [-0.25, -0.2) is 9.37 Å². The Labute approximate surface area is 147 Å². The Morgan fingerprint density at radius 3 is 3.00 bits per heavy atom. The van der Waals surface area contributed by atoms with Crippen LogP contribution in [0.25, 0.3) is 21.9 Å². The molecular formula is C19H14FN3OS. The number of benzene rings is 1. The molecule has 6 heteroatoms. The Kier molecular flexibility index (Phi) is 3.94. The number of rotatable bonds is 2. The third kappa shape index (κ3) is 2.87. The van der Waals surface area contributed by atoms with E-state index in [1.165, 1.54) is 34.4 Å². The van der Waals surface area contributed by atoms with Crippen molar-refractivity contribution in [3.8, 4) is 6.07 Å². The third-order valence-corrected chi connectivity index (χ3v) is 5.55. The molecule has 0 fully saturated rings. The van der Waals surface area contributed by atoms with Crippen LogP contribution in [-0.4, -0.2) is 9.97 Å². The van der Waals surface area contributed by atoms with Gasteiger partial charge in [0.15, 0.2) is 5.82 Å². The lowest BCUT2D eigenvalue weighted by atomic mass is 9.97. The molecule has 1 aromatic carbocycles. The van der Waals surface area contributed by atoms with Crippen molar-refractivity contribution < 1.29 is 4.39 Å². The van der Waals surface area contributed by atoms with Crippen LogP contribution in [0.3, 0.4) is 0 Å². The van der Waals surface area contributed by atoms with Gasteiger partial charge < -0.3 is 4.98 Å². The van der Waals surface area contributed by atoms with Gasteiger partial charge in [-0.3, -0.25) is 4.79 Å². The van der Waals surface area contributed by atoms with Crippen molar-refractivity contribution in [2.24, 2.45) is 0 Å². The molecule has 4 rings (SSSR count). The van der Waals surface area contributed by atoms with Crippen LogP contribution in [0.1, 0.15) is 34.7 Å². The van der Waals surface area contributed by atoms with E-state index in [9.17, 15) is 14.4 Å². The van der Waals surface area contributed by atoms with E-state index in [4.69, 9.17) is 0 Å². The Bertz CT molecular complexity index is 1100. The standard InChI is InChI=1S/C19H14FN3OS/c20-13-5-3-4-11(9-13)8-12(10-21)17-22-18(24)16-14-6-1-2-7-15(14)25-19(16)23-17/h3-5,8-9H,1-2,6-7H2,(H,22,23,24). The summed E-state index contributed by atoms with van der Waals surface area (Å²) in [4.78, 5) is 21.7. The lowest BCUT2D eigenvalue weighted by Crippen LogP contribution is -2.12. The molecule has 1 N–H and O–H groups in total. The highest BCUT2D eigenvalue weighted by atomic mass is 32.1. The fourth-order valence-corrected chi connectivity index (χ4v) is 4.47. The first-order valence-corrected chi connectivity index (χ1v) is 8.89. The second-order valence-corrected chi connectivity index (χ2v) is 7.11. The first-order chi connectivity index (χ1) is 12.2. The number of halogens is 1. The Hall–Kier alpha value is -2.78. The van der Waals surface area contributed by atoms with E-state index < -0.39 is 0 Å². The number of H-pyrrole nitrogens is 1. The van der Waals surface area contributed by atoms with Gasteiger partial charge in [-0.2, -0.15) is 5.26 Å². The minimum atomic E-state index is -0.381. The van der Waals surface area contributed by atoms with Gasteiger partial charge in [0.2, 0.25) is 0 Å². The van der Waals surface area contributed by atoms with Crippen molar-refractivity contribution >= 4 is 33.2 Å². The molecule has 0 saturated carbocycles. The van der Waals surface area contributed by atoms with Crippen molar-refractivity contribution in [1.82, 2.24) is 9.97 Å². The quantitative estimate of drug-likeness (QED) is 0.708. The molecule has 2 heterocycles. The summed E-state index contributed by atoms with van der Waals surface area (Å²) in [6.07, 6.45) is 5.64. The first kappa shape index (κ1) is 15.7. The Balaban J connectivity index is 1.86. The average Bonchev–Trinajstić information content (AvgIpc) is 2.98. The van der Waals surface area contributed by atoms with Gasteiger partial charge in [0, 0.05) is 4.88 Å². The Morgan fingerprint density at radius 2 is 2.20 bits per heavy atom. The number of allylic oxidation sites excluding steroid dienone is 1. The Morgan fingerprint density at radius 1 is 1.36 bits per heavy atom. The number of nitriles is 1. The number of aryl methyl sites for hydroxylation is 2. The molecule has 1 aliphatic carbocycles. The monoisotopic (exact) mass is 351 g/mol. The zero-order valence-electron chi connectivity index (χ0n) is 13.3. The van der Waals surface area contributed by atoms with E-state index in [0.29, 0.717) is 15.8 Å². The van der Waals surface area contributed by atoms with E-state index in [1.807, 2.05) is 0 Å².